The van der Waals surface area contributed by atoms with E-state index in [1.165, 1.54) is 7.11 Å². The molecule has 4 atom stereocenters. The van der Waals surface area contributed by atoms with Gasteiger partial charge in [0, 0.05) is 29.7 Å². The van der Waals surface area contributed by atoms with Crippen molar-refractivity contribution in [2.45, 2.75) is 42.9 Å². The number of carbonyl (C=O) groups is 1. The van der Waals surface area contributed by atoms with Crippen LogP contribution in [0.2, 0.25) is 5.02 Å². The summed E-state index contributed by atoms with van der Waals surface area (Å²) in [6, 6.07) is 18.1. The van der Waals surface area contributed by atoms with E-state index in [1.54, 1.807) is 60.5 Å². The molecule has 6 rings (SSSR count). The van der Waals surface area contributed by atoms with Crippen molar-refractivity contribution < 1.29 is 27.8 Å². The lowest BCUT2D eigenvalue weighted by atomic mass is 9.91. The first-order valence-corrected chi connectivity index (χ1v) is 15.3. The SMILES string of the molecule is COc1cc([C@H](Nc2ccc3c(N)nccc3c2)C(=O)N2CC[C@H](C3OC(C)O3)[C@@H]2c2ccccc2S(=O)O)ccc1Cl. The van der Waals surface area contributed by atoms with Gasteiger partial charge in [0.15, 0.2) is 23.7 Å². The maximum atomic E-state index is 14.7. The van der Waals surface area contributed by atoms with Crippen LogP contribution in [0.25, 0.3) is 10.8 Å². The standard InChI is InChI=1S/C31H31ClN4O6S/c1-17-41-31(42-17)23-12-14-36(28(23)22-5-3-4-6-26(22)43(38)39)30(37)27(19-7-10-24(32)25(16-19)40-2)35-20-8-9-21-18(15-20)11-13-34-29(21)33/h3-11,13,15-17,23,27-28,31,35H,12,14H2,1-2H3,(H2,33,34)(H,38,39)/t17?,23-,27-,28-,31?/m0/s1. The molecule has 0 spiro atoms. The Morgan fingerprint density at radius 3 is 2.72 bits per heavy atom. The third-order valence-electron chi connectivity index (χ3n) is 8.02. The number of ether oxygens (including phenoxy) is 3. The number of hydrogen-bond donors (Lipinski definition) is 3. The van der Waals surface area contributed by atoms with E-state index < -0.39 is 29.5 Å². The normalized spacial score (nSPS) is 23.0. The topological polar surface area (TPSA) is 136 Å². The third kappa shape index (κ3) is 5.66. The number of rotatable bonds is 8. The Kier molecular flexibility index (Phi) is 8.25. The molecule has 224 valence electrons. The van der Waals surface area contributed by atoms with Crippen LogP contribution in [0.4, 0.5) is 11.5 Å². The second-order valence-corrected chi connectivity index (χ2v) is 11.9. The average Bonchev–Trinajstić information content (AvgIpc) is 3.43. The molecule has 4 aromatic rings. The lowest BCUT2D eigenvalue weighted by Crippen LogP contribution is -2.47. The number of pyridine rings is 1. The molecule has 0 radical (unpaired) electrons. The highest BCUT2D eigenvalue weighted by Gasteiger charge is 2.49. The monoisotopic (exact) mass is 622 g/mol. The number of aromatic nitrogens is 1. The van der Waals surface area contributed by atoms with Gasteiger partial charge in [0.2, 0.25) is 5.91 Å². The summed E-state index contributed by atoms with van der Waals surface area (Å²) >= 11 is 4.08. The highest BCUT2D eigenvalue weighted by Crippen LogP contribution is 2.46. The summed E-state index contributed by atoms with van der Waals surface area (Å²) in [7, 11) is 1.52. The fourth-order valence-corrected chi connectivity index (χ4v) is 6.77. The predicted octanol–water partition coefficient (Wildman–Crippen LogP) is 5.52. The molecule has 3 aromatic carbocycles. The number of nitrogens with zero attached hydrogens (tertiary/aromatic N) is 2. The Morgan fingerprint density at radius 1 is 1.19 bits per heavy atom. The fraction of sp³-hybridized carbons (Fsp3) is 0.290. The minimum Gasteiger partial charge on any atom is -0.495 e. The first-order valence-electron chi connectivity index (χ1n) is 13.8. The van der Waals surface area contributed by atoms with Gasteiger partial charge in [0.25, 0.3) is 0 Å². The number of amides is 1. The van der Waals surface area contributed by atoms with Crippen molar-refractivity contribution in [1.82, 2.24) is 9.88 Å². The molecule has 2 fully saturated rings. The van der Waals surface area contributed by atoms with Crippen LogP contribution in [0.5, 0.6) is 5.75 Å². The molecule has 2 aliphatic rings. The lowest BCUT2D eigenvalue weighted by molar-refractivity contribution is -0.393. The van der Waals surface area contributed by atoms with Crippen LogP contribution in [0, 0.1) is 5.92 Å². The second kappa shape index (κ2) is 12.1. The number of methoxy groups -OCH3 is 1. The van der Waals surface area contributed by atoms with Crippen molar-refractivity contribution in [3.8, 4) is 5.75 Å². The van der Waals surface area contributed by atoms with Gasteiger partial charge in [-0.2, -0.15) is 0 Å². The number of likely N-dealkylation sites (tertiary alicyclic amines) is 1. The number of fused-ring (bicyclic) bond motifs is 1. The Bertz CT molecular complexity index is 1700. The van der Waals surface area contributed by atoms with Crippen molar-refractivity contribution in [3.05, 3.63) is 89.1 Å². The maximum absolute atomic E-state index is 14.7. The molecule has 1 amide bonds. The summed E-state index contributed by atoms with van der Waals surface area (Å²) < 4.78 is 39.8. The van der Waals surface area contributed by atoms with Crippen LogP contribution in [0.15, 0.2) is 77.8 Å². The minimum absolute atomic E-state index is 0.239. The molecule has 1 unspecified atom stereocenters. The van der Waals surface area contributed by atoms with Crippen LogP contribution in [0.3, 0.4) is 0 Å². The second-order valence-electron chi connectivity index (χ2n) is 10.5. The van der Waals surface area contributed by atoms with E-state index in [1.807, 2.05) is 24.3 Å². The van der Waals surface area contributed by atoms with E-state index in [9.17, 15) is 13.6 Å². The highest BCUT2D eigenvalue weighted by molar-refractivity contribution is 7.79. The molecule has 10 nitrogen and oxygen atoms in total. The van der Waals surface area contributed by atoms with Gasteiger partial charge in [-0.3, -0.25) is 4.79 Å². The first kappa shape index (κ1) is 29.3. The number of nitrogen functional groups attached to an aromatic ring is 1. The summed E-state index contributed by atoms with van der Waals surface area (Å²) in [5.41, 5.74) is 7.96. The molecule has 12 heteroatoms. The van der Waals surface area contributed by atoms with Gasteiger partial charge >= 0.3 is 0 Å². The lowest BCUT2D eigenvalue weighted by Gasteiger charge is -2.41. The van der Waals surface area contributed by atoms with Gasteiger partial charge in [-0.05, 0) is 72.3 Å². The molecule has 0 aliphatic carbocycles. The smallest absolute Gasteiger partial charge is 0.250 e. The quantitative estimate of drug-likeness (QED) is 0.217. The van der Waals surface area contributed by atoms with Gasteiger partial charge in [-0.1, -0.05) is 35.9 Å². The molecular weight excluding hydrogens is 592 g/mol. The average molecular weight is 623 g/mol. The molecule has 0 bridgehead atoms. The van der Waals surface area contributed by atoms with Crippen LogP contribution in [-0.4, -0.2) is 50.8 Å². The van der Waals surface area contributed by atoms with Crippen LogP contribution in [0.1, 0.15) is 36.6 Å². The largest absolute Gasteiger partial charge is 0.495 e. The molecule has 2 aliphatic heterocycles. The van der Waals surface area contributed by atoms with Gasteiger partial charge < -0.3 is 34.7 Å². The highest BCUT2D eigenvalue weighted by atomic mass is 35.5. The van der Waals surface area contributed by atoms with Crippen molar-refractivity contribution in [1.29, 1.82) is 0 Å². The van der Waals surface area contributed by atoms with Crippen molar-refractivity contribution in [3.63, 3.8) is 0 Å². The molecule has 4 N–H and O–H groups in total. The zero-order valence-corrected chi connectivity index (χ0v) is 25.0. The van der Waals surface area contributed by atoms with E-state index in [0.29, 0.717) is 46.4 Å². The number of hydrogen-bond acceptors (Lipinski definition) is 8. The van der Waals surface area contributed by atoms with Crippen molar-refractivity contribution in [2.75, 3.05) is 24.7 Å². The van der Waals surface area contributed by atoms with Crippen LogP contribution < -0.4 is 15.8 Å². The molecule has 43 heavy (non-hydrogen) atoms. The van der Waals surface area contributed by atoms with E-state index in [4.69, 9.17) is 31.5 Å². The number of nitrogens with one attached hydrogen (secondary N) is 1. The maximum Gasteiger partial charge on any atom is 0.250 e. The molecule has 2 saturated heterocycles. The van der Waals surface area contributed by atoms with Gasteiger partial charge in [-0.15, -0.1) is 0 Å². The summed E-state index contributed by atoms with van der Waals surface area (Å²) in [5, 5.41) is 5.50. The summed E-state index contributed by atoms with van der Waals surface area (Å²) in [6.07, 6.45) is 1.32. The number of anilines is 2. The van der Waals surface area contributed by atoms with Gasteiger partial charge in [-0.25, -0.2) is 9.19 Å². The first-order chi connectivity index (χ1) is 20.7. The zero-order chi connectivity index (χ0) is 30.2. The van der Waals surface area contributed by atoms with Gasteiger partial charge in [0.05, 0.1) is 23.1 Å². The Labute approximate surface area is 256 Å². The van der Waals surface area contributed by atoms with E-state index in [2.05, 4.69) is 10.3 Å². The minimum atomic E-state index is -2.27. The Morgan fingerprint density at radius 2 is 1.98 bits per heavy atom. The number of halogens is 1. The van der Waals surface area contributed by atoms with Gasteiger partial charge in [0.1, 0.15) is 17.6 Å². The molecular formula is C31H31ClN4O6S. The molecule has 3 heterocycles. The van der Waals surface area contributed by atoms with Crippen molar-refractivity contribution in [2.24, 2.45) is 5.92 Å². The van der Waals surface area contributed by atoms with Crippen molar-refractivity contribution >= 4 is 50.9 Å². The number of nitrogens with two attached hydrogens (primary N) is 1. The van der Waals surface area contributed by atoms with E-state index >= 15 is 0 Å². The summed E-state index contributed by atoms with van der Waals surface area (Å²) in [5.74, 6) is 0.358. The fourth-order valence-electron chi connectivity index (χ4n) is 5.99. The van der Waals surface area contributed by atoms with E-state index in [0.717, 1.165) is 10.8 Å². The Balaban J connectivity index is 1.42. The zero-order valence-electron chi connectivity index (χ0n) is 23.5. The number of carbonyl (C=O) groups excluding carboxylic acids is 1. The van der Waals surface area contributed by atoms with Crippen LogP contribution in [-0.2, 0) is 25.3 Å². The molecule has 1 aromatic heterocycles. The van der Waals surface area contributed by atoms with Crippen LogP contribution >= 0.6 is 11.6 Å². The van der Waals surface area contributed by atoms with E-state index in [-0.39, 0.29) is 23.0 Å². The Hall–Kier alpha value is -3.74. The summed E-state index contributed by atoms with van der Waals surface area (Å²) in [4.78, 5) is 20.8. The summed E-state index contributed by atoms with van der Waals surface area (Å²) in [6.45, 7) is 2.20. The predicted molar refractivity (Wildman–Crippen MR) is 164 cm³/mol. The third-order valence-corrected chi connectivity index (χ3v) is 9.08. The number of benzene rings is 3. The molecule has 0 saturated carbocycles.